The first-order chi connectivity index (χ1) is 9.63. The second-order valence-electron chi connectivity index (χ2n) is 4.25. The molecule has 7 heteroatoms. The molecule has 2 heterocycles. The van der Waals surface area contributed by atoms with Gasteiger partial charge in [-0.05, 0) is 12.1 Å². The number of rotatable bonds is 3. The van der Waals surface area contributed by atoms with Gasteiger partial charge >= 0.3 is 6.01 Å². The van der Waals surface area contributed by atoms with Crippen molar-refractivity contribution in [3.05, 3.63) is 42.2 Å². The van der Waals surface area contributed by atoms with Gasteiger partial charge in [0.25, 0.3) is 0 Å². The maximum absolute atomic E-state index is 7.63. The third kappa shape index (κ3) is 2.16. The Kier molecular flexibility index (Phi) is 2.79. The summed E-state index contributed by atoms with van der Waals surface area (Å²) in [6.45, 7) is 0. The Morgan fingerprint density at radius 3 is 2.85 bits per heavy atom. The Balaban J connectivity index is 2.11. The van der Waals surface area contributed by atoms with Crippen LogP contribution in [-0.4, -0.2) is 25.6 Å². The molecule has 1 aromatic carbocycles. The molecule has 0 amide bonds. The van der Waals surface area contributed by atoms with E-state index in [4.69, 9.17) is 15.9 Å². The Bertz CT molecular complexity index is 794. The first-order valence-electron chi connectivity index (χ1n) is 5.91. The number of hydrogen-bond donors (Lipinski definition) is 2. The minimum atomic E-state index is -0.116. The molecule has 0 spiro atoms. The van der Waals surface area contributed by atoms with E-state index in [1.54, 1.807) is 13.1 Å². The third-order valence-electron chi connectivity index (χ3n) is 2.75. The van der Waals surface area contributed by atoms with Crippen LogP contribution in [0.5, 0.6) is 11.9 Å². The van der Waals surface area contributed by atoms with Gasteiger partial charge in [0.1, 0.15) is 12.2 Å². The van der Waals surface area contributed by atoms with Crippen molar-refractivity contribution in [3.63, 3.8) is 0 Å². The standard InChI is InChI=1S/C13H12N6O/c1-19-7-16-13(18-19)20-12-9(11(14)15)6-8-4-2-3-5-10(8)17-12/h2-7H,1H3,(H3,14,15). The number of amidine groups is 1. The Morgan fingerprint density at radius 1 is 1.35 bits per heavy atom. The summed E-state index contributed by atoms with van der Waals surface area (Å²) in [7, 11) is 1.74. The Morgan fingerprint density at radius 2 is 2.15 bits per heavy atom. The zero-order valence-corrected chi connectivity index (χ0v) is 10.7. The van der Waals surface area contributed by atoms with Crippen LogP contribution in [0, 0.1) is 5.41 Å². The summed E-state index contributed by atoms with van der Waals surface area (Å²) in [5, 5.41) is 12.5. The molecule has 100 valence electrons. The fourth-order valence-electron chi connectivity index (χ4n) is 1.82. The summed E-state index contributed by atoms with van der Waals surface area (Å²) in [5.41, 5.74) is 6.75. The van der Waals surface area contributed by atoms with Crippen molar-refractivity contribution in [3.8, 4) is 11.9 Å². The van der Waals surface area contributed by atoms with Gasteiger partial charge in [0.2, 0.25) is 5.88 Å². The number of pyridine rings is 1. The lowest BCUT2D eigenvalue weighted by molar-refractivity contribution is 0.423. The molecule has 0 saturated heterocycles. The first-order valence-corrected chi connectivity index (χ1v) is 5.91. The summed E-state index contributed by atoms with van der Waals surface area (Å²) in [4.78, 5) is 8.34. The normalized spacial score (nSPS) is 10.7. The van der Waals surface area contributed by atoms with Crippen molar-refractivity contribution in [1.29, 1.82) is 5.41 Å². The highest BCUT2D eigenvalue weighted by Crippen LogP contribution is 2.24. The molecule has 0 unspecified atom stereocenters. The van der Waals surface area contributed by atoms with Gasteiger partial charge in [0, 0.05) is 12.4 Å². The van der Waals surface area contributed by atoms with E-state index in [9.17, 15) is 0 Å². The molecule has 0 aliphatic rings. The van der Waals surface area contributed by atoms with Crippen LogP contribution < -0.4 is 10.5 Å². The molecule has 3 N–H and O–H groups in total. The molecule has 20 heavy (non-hydrogen) atoms. The van der Waals surface area contributed by atoms with Gasteiger partial charge in [-0.15, -0.1) is 5.10 Å². The van der Waals surface area contributed by atoms with Gasteiger partial charge in [0.05, 0.1) is 11.1 Å². The largest absolute Gasteiger partial charge is 0.403 e. The van der Waals surface area contributed by atoms with Crippen molar-refractivity contribution in [1.82, 2.24) is 19.7 Å². The number of nitrogens with zero attached hydrogens (tertiary/aromatic N) is 4. The van der Waals surface area contributed by atoms with Crippen molar-refractivity contribution in [2.24, 2.45) is 12.8 Å². The minimum absolute atomic E-state index is 0.116. The number of aromatic nitrogens is 4. The monoisotopic (exact) mass is 268 g/mol. The molecule has 3 aromatic rings. The fraction of sp³-hybridized carbons (Fsp3) is 0.0769. The molecule has 0 aliphatic carbocycles. The summed E-state index contributed by atoms with van der Waals surface area (Å²) < 4.78 is 7.04. The summed E-state index contributed by atoms with van der Waals surface area (Å²) >= 11 is 0. The summed E-state index contributed by atoms with van der Waals surface area (Å²) in [6, 6.07) is 9.47. The second kappa shape index (κ2) is 4.61. The van der Waals surface area contributed by atoms with Crippen molar-refractivity contribution in [2.45, 2.75) is 0 Å². The third-order valence-corrected chi connectivity index (χ3v) is 2.75. The smallest absolute Gasteiger partial charge is 0.342 e. The van der Waals surface area contributed by atoms with E-state index in [1.807, 2.05) is 24.3 Å². The molecule has 7 nitrogen and oxygen atoms in total. The van der Waals surface area contributed by atoms with Gasteiger partial charge < -0.3 is 10.5 Å². The number of benzene rings is 1. The highest BCUT2D eigenvalue weighted by atomic mass is 16.5. The minimum Gasteiger partial charge on any atom is -0.403 e. The van der Waals surface area contributed by atoms with Crippen LogP contribution >= 0.6 is 0 Å². The maximum atomic E-state index is 7.63. The number of para-hydroxylation sites is 1. The van der Waals surface area contributed by atoms with Gasteiger partial charge in [-0.25, -0.2) is 4.98 Å². The highest BCUT2D eigenvalue weighted by molar-refractivity contribution is 6.00. The zero-order valence-electron chi connectivity index (χ0n) is 10.7. The van der Waals surface area contributed by atoms with Crippen molar-refractivity contribution >= 4 is 16.7 Å². The SMILES string of the molecule is Cn1cnc(Oc2nc3ccccc3cc2C(=N)N)n1. The number of fused-ring (bicyclic) bond motifs is 1. The molecule has 0 aliphatic heterocycles. The predicted octanol–water partition coefficient (Wildman–Crippen LogP) is 1.44. The molecule has 0 bridgehead atoms. The van der Waals surface area contributed by atoms with Gasteiger partial charge in [-0.1, -0.05) is 18.2 Å². The van der Waals surface area contributed by atoms with Crippen LogP contribution in [0.15, 0.2) is 36.7 Å². The lowest BCUT2D eigenvalue weighted by Gasteiger charge is -2.08. The van der Waals surface area contributed by atoms with E-state index >= 15 is 0 Å². The molecule has 0 radical (unpaired) electrons. The van der Waals surface area contributed by atoms with E-state index in [0.717, 1.165) is 10.9 Å². The first kappa shape index (κ1) is 12.1. The quantitative estimate of drug-likeness (QED) is 0.552. The fourth-order valence-corrected chi connectivity index (χ4v) is 1.82. The molecular weight excluding hydrogens is 256 g/mol. The van der Waals surface area contributed by atoms with Crippen molar-refractivity contribution < 1.29 is 4.74 Å². The van der Waals surface area contributed by atoms with E-state index in [2.05, 4.69) is 15.1 Å². The van der Waals surface area contributed by atoms with Crippen LogP contribution in [-0.2, 0) is 7.05 Å². The van der Waals surface area contributed by atoms with E-state index in [0.29, 0.717) is 5.56 Å². The molecular formula is C13H12N6O. The van der Waals surface area contributed by atoms with Gasteiger partial charge in [-0.3, -0.25) is 10.1 Å². The predicted molar refractivity (Wildman–Crippen MR) is 73.8 cm³/mol. The average Bonchev–Trinajstić information content (AvgIpc) is 2.83. The molecule has 3 rings (SSSR count). The maximum Gasteiger partial charge on any atom is 0.342 e. The zero-order chi connectivity index (χ0) is 14.1. The number of hydrogen-bond acceptors (Lipinski definition) is 5. The van der Waals surface area contributed by atoms with E-state index in [-0.39, 0.29) is 17.7 Å². The van der Waals surface area contributed by atoms with Crippen LogP contribution in [0.25, 0.3) is 10.9 Å². The van der Waals surface area contributed by atoms with Crippen LogP contribution in [0.4, 0.5) is 0 Å². The van der Waals surface area contributed by atoms with Crippen molar-refractivity contribution in [2.75, 3.05) is 0 Å². The number of nitrogens with one attached hydrogen (secondary N) is 1. The Labute approximate surface area is 114 Å². The molecule has 0 fully saturated rings. The topological polar surface area (TPSA) is 103 Å². The Hall–Kier alpha value is -2.96. The number of nitrogen functional groups attached to an aromatic ring is 1. The lowest BCUT2D eigenvalue weighted by atomic mass is 10.1. The number of ether oxygens (including phenoxy) is 1. The van der Waals surface area contributed by atoms with Crippen LogP contribution in [0.2, 0.25) is 0 Å². The lowest BCUT2D eigenvalue weighted by Crippen LogP contribution is -2.13. The van der Waals surface area contributed by atoms with Gasteiger partial charge in [0.15, 0.2) is 0 Å². The highest BCUT2D eigenvalue weighted by Gasteiger charge is 2.13. The van der Waals surface area contributed by atoms with Gasteiger partial charge in [-0.2, -0.15) is 4.98 Å². The van der Waals surface area contributed by atoms with E-state index < -0.39 is 0 Å². The molecule has 0 saturated carbocycles. The average molecular weight is 268 g/mol. The van der Waals surface area contributed by atoms with Crippen LogP contribution in [0.3, 0.4) is 0 Å². The summed E-state index contributed by atoms with van der Waals surface area (Å²) in [6.07, 6.45) is 1.52. The molecule has 2 aromatic heterocycles. The summed E-state index contributed by atoms with van der Waals surface area (Å²) in [5.74, 6) is 0.108. The second-order valence-corrected chi connectivity index (χ2v) is 4.25. The number of aryl methyl sites for hydroxylation is 1. The molecule has 0 atom stereocenters. The van der Waals surface area contributed by atoms with E-state index in [1.165, 1.54) is 11.0 Å². The van der Waals surface area contributed by atoms with Crippen LogP contribution in [0.1, 0.15) is 5.56 Å². The number of nitrogens with two attached hydrogens (primary N) is 1.